The summed E-state index contributed by atoms with van der Waals surface area (Å²) in [5.41, 5.74) is 1.62. The standard InChI is InChI=1S/C20H13Cl3N2O2/c21-13-6-8-15(17(23)10-13)20(27)25-18-11-14(7-9-16(18)22)24-19(26)12-4-2-1-3-5-12/h1-11H,(H,24,26)(H,25,27). The van der Waals surface area contributed by atoms with Crippen LogP contribution in [-0.4, -0.2) is 11.8 Å². The Hall–Kier alpha value is -2.53. The van der Waals surface area contributed by atoms with E-state index in [0.29, 0.717) is 27.0 Å². The fourth-order valence-electron chi connectivity index (χ4n) is 2.35. The van der Waals surface area contributed by atoms with Crippen molar-refractivity contribution in [3.63, 3.8) is 0 Å². The Morgan fingerprint density at radius 1 is 0.704 bits per heavy atom. The van der Waals surface area contributed by atoms with E-state index in [2.05, 4.69) is 10.6 Å². The third-order valence-electron chi connectivity index (χ3n) is 3.68. The Kier molecular flexibility index (Phi) is 6.01. The number of rotatable bonds is 4. The van der Waals surface area contributed by atoms with Crippen molar-refractivity contribution in [1.82, 2.24) is 0 Å². The summed E-state index contributed by atoms with van der Waals surface area (Å²) in [6.07, 6.45) is 0. The molecule has 0 bridgehead atoms. The number of nitrogens with one attached hydrogen (secondary N) is 2. The fourth-order valence-corrected chi connectivity index (χ4v) is 3.01. The number of hydrogen-bond acceptors (Lipinski definition) is 2. The molecule has 4 nitrogen and oxygen atoms in total. The van der Waals surface area contributed by atoms with Gasteiger partial charge in [0.15, 0.2) is 0 Å². The Morgan fingerprint density at radius 2 is 1.44 bits per heavy atom. The van der Waals surface area contributed by atoms with Gasteiger partial charge in [-0.1, -0.05) is 53.0 Å². The number of hydrogen-bond donors (Lipinski definition) is 2. The van der Waals surface area contributed by atoms with Gasteiger partial charge in [0, 0.05) is 16.3 Å². The highest BCUT2D eigenvalue weighted by atomic mass is 35.5. The lowest BCUT2D eigenvalue weighted by Crippen LogP contribution is -2.14. The zero-order valence-electron chi connectivity index (χ0n) is 13.8. The molecule has 2 N–H and O–H groups in total. The quantitative estimate of drug-likeness (QED) is 0.533. The summed E-state index contributed by atoms with van der Waals surface area (Å²) in [5.74, 6) is -0.707. The minimum Gasteiger partial charge on any atom is -0.322 e. The number of carbonyl (C=O) groups is 2. The van der Waals surface area contributed by atoms with Gasteiger partial charge in [0.1, 0.15) is 0 Å². The van der Waals surface area contributed by atoms with Crippen LogP contribution in [0, 0.1) is 0 Å². The Bertz CT molecular complexity index is 1010. The van der Waals surface area contributed by atoms with Crippen LogP contribution in [0.2, 0.25) is 15.1 Å². The smallest absolute Gasteiger partial charge is 0.257 e. The number of anilines is 2. The average molecular weight is 420 g/mol. The zero-order valence-corrected chi connectivity index (χ0v) is 16.1. The van der Waals surface area contributed by atoms with Crippen molar-refractivity contribution >= 4 is 58.0 Å². The molecular weight excluding hydrogens is 407 g/mol. The van der Waals surface area contributed by atoms with Crippen molar-refractivity contribution in [2.24, 2.45) is 0 Å². The lowest BCUT2D eigenvalue weighted by Gasteiger charge is -2.11. The maximum Gasteiger partial charge on any atom is 0.257 e. The first kappa shape index (κ1) is 19.2. The van der Waals surface area contributed by atoms with Crippen molar-refractivity contribution in [3.05, 3.63) is 92.9 Å². The second-order valence-corrected chi connectivity index (χ2v) is 6.84. The third kappa shape index (κ3) is 4.80. The summed E-state index contributed by atoms with van der Waals surface area (Å²) >= 11 is 18.1. The van der Waals surface area contributed by atoms with Gasteiger partial charge in [0.25, 0.3) is 11.8 Å². The number of carbonyl (C=O) groups excluding carboxylic acids is 2. The molecular formula is C20H13Cl3N2O2. The largest absolute Gasteiger partial charge is 0.322 e. The Morgan fingerprint density at radius 3 is 2.15 bits per heavy atom. The zero-order chi connectivity index (χ0) is 19.4. The molecule has 0 radical (unpaired) electrons. The summed E-state index contributed by atoms with van der Waals surface area (Å²) in [6.45, 7) is 0. The predicted molar refractivity (Wildman–Crippen MR) is 110 cm³/mol. The topological polar surface area (TPSA) is 58.2 Å². The SMILES string of the molecule is O=C(Nc1ccc(Cl)c(NC(=O)c2ccc(Cl)cc2Cl)c1)c1ccccc1. The minimum absolute atomic E-state index is 0.227. The summed E-state index contributed by atoms with van der Waals surface area (Å²) in [5, 5.41) is 6.44. The maximum atomic E-state index is 12.5. The molecule has 2 amide bonds. The molecule has 0 fully saturated rings. The molecule has 3 rings (SSSR count). The summed E-state index contributed by atoms with van der Waals surface area (Å²) in [7, 11) is 0. The molecule has 136 valence electrons. The van der Waals surface area contributed by atoms with E-state index < -0.39 is 5.91 Å². The Labute approximate surface area is 171 Å². The van der Waals surface area contributed by atoms with Gasteiger partial charge >= 0.3 is 0 Å². The van der Waals surface area contributed by atoms with Crippen molar-refractivity contribution in [1.29, 1.82) is 0 Å². The van der Waals surface area contributed by atoms with Crippen LogP contribution in [0.5, 0.6) is 0 Å². The highest BCUT2D eigenvalue weighted by Gasteiger charge is 2.14. The molecule has 3 aromatic rings. The number of amides is 2. The third-order valence-corrected chi connectivity index (χ3v) is 4.56. The molecule has 0 spiro atoms. The molecule has 0 aliphatic rings. The van der Waals surface area contributed by atoms with E-state index in [0.717, 1.165) is 0 Å². The fraction of sp³-hybridized carbons (Fsp3) is 0. The van der Waals surface area contributed by atoms with Crippen LogP contribution >= 0.6 is 34.8 Å². The Balaban J connectivity index is 1.79. The highest BCUT2D eigenvalue weighted by Crippen LogP contribution is 2.28. The lowest BCUT2D eigenvalue weighted by molar-refractivity contribution is 0.101. The first-order chi connectivity index (χ1) is 12.9. The van der Waals surface area contributed by atoms with Gasteiger partial charge in [-0.05, 0) is 48.5 Å². The van der Waals surface area contributed by atoms with Crippen LogP contribution in [0.15, 0.2) is 66.7 Å². The normalized spacial score (nSPS) is 10.3. The molecule has 3 aromatic carbocycles. The molecule has 0 aliphatic carbocycles. The molecule has 7 heteroatoms. The molecule has 0 aromatic heterocycles. The van der Waals surface area contributed by atoms with E-state index in [1.165, 1.54) is 12.1 Å². The second kappa shape index (κ2) is 8.44. The van der Waals surface area contributed by atoms with Gasteiger partial charge < -0.3 is 10.6 Å². The summed E-state index contributed by atoms with van der Waals surface area (Å²) < 4.78 is 0. The van der Waals surface area contributed by atoms with Crippen LogP contribution in [0.25, 0.3) is 0 Å². The number of benzene rings is 3. The van der Waals surface area contributed by atoms with E-state index in [1.807, 2.05) is 6.07 Å². The van der Waals surface area contributed by atoms with Crippen LogP contribution in [0.1, 0.15) is 20.7 Å². The van der Waals surface area contributed by atoms with Crippen molar-refractivity contribution in [2.75, 3.05) is 10.6 Å². The molecule has 0 heterocycles. The van der Waals surface area contributed by atoms with E-state index >= 15 is 0 Å². The highest BCUT2D eigenvalue weighted by molar-refractivity contribution is 6.37. The molecule has 0 atom stereocenters. The van der Waals surface area contributed by atoms with Gasteiger partial charge in [-0.2, -0.15) is 0 Å². The van der Waals surface area contributed by atoms with Crippen molar-refractivity contribution in [2.45, 2.75) is 0 Å². The maximum absolute atomic E-state index is 12.5. The molecule has 0 unspecified atom stereocenters. The molecule has 0 aliphatic heterocycles. The first-order valence-electron chi connectivity index (χ1n) is 7.86. The van der Waals surface area contributed by atoms with Gasteiger partial charge in [0.05, 0.1) is 21.3 Å². The average Bonchev–Trinajstić information content (AvgIpc) is 2.65. The van der Waals surface area contributed by atoms with Gasteiger partial charge in [-0.3, -0.25) is 9.59 Å². The lowest BCUT2D eigenvalue weighted by atomic mass is 10.2. The van der Waals surface area contributed by atoms with E-state index in [1.54, 1.807) is 48.5 Å². The molecule has 27 heavy (non-hydrogen) atoms. The van der Waals surface area contributed by atoms with Crippen LogP contribution < -0.4 is 10.6 Å². The van der Waals surface area contributed by atoms with Crippen molar-refractivity contribution in [3.8, 4) is 0 Å². The molecule has 0 saturated carbocycles. The molecule has 0 saturated heterocycles. The van der Waals surface area contributed by atoms with Gasteiger partial charge in [0.2, 0.25) is 0 Å². The van der Waals surface area contributed by atoms with E-state index in [-0.39, 0.29) is 16.5 Å². The summed E-state index contributed by atoms with van der Waals surface area (Å²) in [4.78, 5) is 24.7. The van der Waals surface area contributed by atoms with Crippen LogP contribution in [0.4, 0.5) is 11.4 Å². The van der Waals surface area contributed by atoms with Crippen LogP contribution in [-0.2, 0) is 0 Å². The van der Waals surface area contributed by atoms with Crippen molar-refractivity contribution < 1.29 is 9.59 Å². The minimum atomic E-state index is -0.440. The predicted octanol–water partition coefficient (Wildman–Crippen LogP) is 6.15. The number of halogens is 3. The van der Waals surface area contributed by atoms with Crippen LogP contribution in [0.3, 0.4) is 0 Å². The van der Waals surface area contributed by atoms with Gasteiger partial charge in [-0.15, -0.1) is 0 Å². The summed E-state index contributed by atoms with van der Waals surface area (Å²) in [6, 6.07) is 18.2. The van der Waals surface area contributed by atoms with E-state index in [9.17, 15) is 9.59 Å². The first-order valence-corrected chi connectivity index (χ1v) is 9.00. The van der Waals surface area contributed by atoms with E-state index in [4.69, 9.17) is 34.8 Å². The van der Waals surface area contributed by atoms with Gasteiger partial charge in [-0.25, -0.2) is 0 Å². The second-order valence-electron chi connectivity index (χ2n) is 5.59. The monoisotopic (exact) mass is 418 g/mol.